The van der Waals surface area contributed by atoms with Crippen LogP contribution in [-0.2, 0) is 6.54 Å². The molecule has 0 radical (unpaired) electrons. The van der Waals surface area contributed by atoms with Crippen LogP contribution in [0.25, 0.3) is 10.4 Å². The summed E-state index contributed by atoms with van der Waals surface area (Å²) in [5, 5.41) is 13.4. The summed E-state index contributed by atoms with van der Waals surface area (Å²) in [4.78, 5) is 12.7. The summed E-state index contributed by atoms with van der Waals surface area (Å²) in [5.41, 5.74) is 7.93. The van der Waals surface area contributed by atoms with E-state index in [9.17, 15) is 9.90 Å². The average molecular weight is 166 g/mol. The van der Waals surface area contributed by atoms with Gasteiger partial charge in [0.05, 0.1) is 6.54 Å². The lowest BCUT2D eigenvalue weighted by Crippen LogP contribution is -2.21. The maximum absolute atomic E-state index is 10.2. The van der Waals surface area contributed by atoms with E-state index in [0.717, 1.165) is 0 Å². The fraction of sp³-hybridized carbons (Fsp3) is 0.167. The average Bonchev–Trinajstić information content (AvgIpc) is 2.48. The number of furan rings is 1. The number of carboxylic acid groups (broad SMARTS) is 1. The summed E-state index contributed by atoms with van der Waals surface area (Å²) in [6.07, 6.45) is 0. The topological polar surface area (TPSA) is 102 Å². The van der Waals surface area contributed by atoms with Crippen LogP contribution in [0.1, 0.15) is 16.3 Å². The molecule has 0 N–H and O–H groups in total. The molecule has 0 saturated carbocycles. The first-order valence-corrected chi connectivity index (χ1v) is 3.05. The number of azide groups is 1. The summed E-state index contributed by atoms with van der Waals surface area (Å²) in [5.74, 6) is -1.35. The third kappa shape index (κ3) is 1.77. The van der Waals surface area contributed by atoms with Gasteiger partial charge in [0.2, 0.25) is 0 Å². The Hall–Kier alpha value is -1.94. The van der Waals surface area contributed by atoms with E-state index in [1.165, 1.54) is 12.1 Å². The van der Waals surface area contributed by atoms with Gasteiger partial charge in [-0.05, 0) is 17.7 Å². The van der Waals surface area contributed by atoms with Crippen LogP contribution in [0.15, 0.2) is 21.7 Å². The number of hydrogen-bond donors (Lipinski definition) is 0. The van der Waals surface area contributed by atoms with Gasteiger partial charge in [-0.25, -0.2) is 0 Å². The molecule has 1 rings (SSSR count). The number of nitrogens with zero attached hydrogens (tertiary/aromatic N) is 3. The molecule has 0 saturated heterocycles. The van der Waals surface area contributed by atoms with Crippen LogP contribution in [-0.4, -0.2) is 5.97 Å². The quantitative estimate of drug-likeness (QED) is 0.370. The molecule has 1 aromatic heterocycles. The lowest BCUT2D eigenvalue weighted by atomic mass is 10.4. The first kappa shape index (κ1) is 8.16. The van der Waals surface area contributed by atoms with Crippen molar-refractivity contribution in [3.8, 4) is 0 Å². The highest BCUT2D eigenvalue weighted by Crippen LogP contribution is 2.07. The molecular formula is C6H4N3O3-. The molecule has 0 aromatic carbocycles. The minimum atomic E-state index is -1.39. The minimum absolute atomic E-state index is 0.00375. The predicted molar refractivity (Wildman–Crippen MR) is 35.9 cm³/mol. The molecule has 1 heterocycles. The van der Waals surface area contributed by atoms with E-state index in [2.05, 4.69) is 10.0 Å². The molecule has 0 spiro atoms. The van der Waals surface area contributed by atoms with Crippen molar-refractivity contribution in [2.45, 2.75) is 6.54 Å². The Kier molecular flexibility index (Phi) is 2.35. The molecule has 0 aliphatic rings. The van der Waals surface area contributed by atoms with Crippen LogP contribution >= 0.6 is 0 Å². The van der Waals surface area contributed by atoms with Crippen molar-refractivity contribution >= 4 is 5.97 Å². The lowest BCUT2D eigenvalue weighted by Gasteiger charge is -1.93. The summed E-state index contributed by atoms with van der Waals surface area (Å²) in [6, 6.07) is 2.66. The molecule has 0 unspecified atom stereocenters. The Morgan fingerprint density at radius 1 is 1.75 bits per heavy atom. The highest BCUT2D eigenvalue weighted by molar-refractivity contribution is 5.82. The molecular weight excluding hydrogens is 162 g/mol. The zero-order valence-corrected chi connectivity index (χ0v) is 5.93. The molecule has 12 heavy (non-hydrogen) atoms. The summed E-state index contributed by atoms with van der Waals surface area (Å²) < 4.78 is 4.72. The second-order valence-corrected chi connectivity index (χ2v) is 1.94. The van der Waals surface area contributed by atoms with Gasteiger partial charge in [-0.2, -0.15) is 0 Å². The van der Waals surface area contributed by atoms with E-state index < -0.39 is 5.97 Å². The summed E-state index contributed by atoms with van der Waals surface area (Å²) >= 11 is 0. The Bertz CT molecular complexity index is 338. The smallest absolute Gasteiger partial charge is 0.149 e. The zero-order chi connectivity index (χ0) is 8.97. The maximum atomic E-state index is 10.2. The summed E-state index contributed by atoms with van der Waals surface area (Å²) in [6.45, 7) is 0.00375. The van der Waals surface area contributed by atoms with Crippen LogP contribution in [0.5, 0.6) is 0 Å². The molecule has 0 atom stereocenters. The van der Waals surface area contributed by atoms with Gasteiger partial charge >= 0.3 is 0 Å². The van der Waals surface area contributed by atoms with E-state index >= 15 is 0 Å². The van der Waals surface area contributed by atoms with Crippen LogP contribution in [0.2, 0.25) is 0 Å². The Balaban J connectivity index is 2.77. The van der Waals surface area contributed by atoms with Crippen molar-refractivity contribution in [2.75, 3.05) is 0 Å². The third-order valence-electron chi connectivity index (χ3n) is 1.15. The second kappa shape index (κ2) is 3.45. The largest absolute Gasteiger partial charge is 0.542 e. The van der Waals surface area contributed by atoms with Crippen molar-refractivity contribution in [1.82, 2.24) is 0 Å². The normalized spacial score (nSPS) is 9.00. The summed E-state index contributed by atoms with van der Waals surface area (Å²) in [7, 11) is 0. The minimum Gasteiger partial charge on any atom is -0.542 e. The lowest BCUT2D eigenvalue weighted by molar-refractivity contribution is -0.257. The molecule has 6 nitrogen and oxygen atoms in total. The number of hydrogen-bond acceptors (Lipinski definition) is 4. The van der Waals surface area contributed by atoms with Crippen molar-refractivity contribution < 1.29 is 14.3 Å². The van der Waals surface area contributed by atoms with Gasteiger partial charge in [-0.15, -0.1) is 0 Å². The van der Waals surface area contributed by atoms with Crippen molar-refractivity contribution in [2.24, 2.45) is 5.11 Å². The molecule has 0 amide bonds. The zero-order valence-electron chi connectivity index (χ0n) is 5.93. The third-order valence-corrected chi connectivity index (χ3v) is 1.15. The van der Waals surface area contributed by atoms with Crippen LogP contribution in [0, 0.1) is 0 Å². The molecule has 0 aliphatic heterocycles. The van der Waals surface area contributed by atoms with Crippen molar-refractivity contribution in [3.63, 3.8) is 0 Å². The molecule has 1 aromatic rings. The van der Waals surface area contributed by atoms with Crippen molar-refractivity contribution in [3.05, 3.63) is 34.1 Å². The molecule has 6 heteroatoms. The Morgan fingerprint density at radius 2 is 2.50 bits per heavy atom. The van der Waals surface area contributed by atoms with Crippen LogP contribution in [0.3, 0.4) is 0 Å². The van der Waals surface area contributed by atoms with Gasteiger partial charge in [-0.1, -0.05) is 5.11 Å². The molecule has 0 bridgehead atoms. The Labute approximate surface area is 67.0 Å². The monoisotopic (exact) mass is 166 g/mol. The fourth-order valence-corrected chi connectivity index (χ4v) is 0.674. The van der Waals surface area contributed by atoms with E-state index in [-0.39, 0.29) is 12.3 Å². The molecule has 0 fully saturated rings. The van der Waals surface area contributed by atoms with Gasteiger partial charge in [0.15, 0.2) is 0 Å². The van der Waals surface area contributed by atoms with Crippen molar-refractivity contribution in [1.29, 1.82) is 0 Å². The van der Waals surface area contributed by atoms with Crippen LogP contribution < -0.4 is 5.11 Å². The number of aromatic carboxylic acids is 1. The standard InChI is InChI=1S/C6H5N3O3/c7-9-8-3-4-1-2-5(12-4)6(10)11/h1-2H,3H2,(H,10,11)/p-1. The van der Waals surface area contributed by atoms with Gasteiger partial charge < -0.3 is 14.3 Å². The first-order chi connectivity index (χ1) is 5.74. The number of carbonyl (C=O) groups is 1. The van der Waals surface area contributed by atoms with Gasteiger partial charge in [0.25, 0.3) is 0 Å². The van der Waals surface area contributed by atoms with E-state index in [4.69, 9.17) is 9.95 Å². The maximum Gasteiger partial charge on any atom is 0.149 e. The van der Waals surface area contributed by atoms with E-state index in [1.807, 2.05) is 0 Å². The first-order valence-electron chi connectivity index (χ1n) is 3.05. The highest BCUT2D eigenvalue weighted by atomic mass is 16.4. The highest BCUT2D eigenvalue weighted by Gasteiger charge is 2.00. The van der Waals surface area contributed by atoms with Gasteiger partial charge in [0, 0.05) is 4.91 Å². The SMILES string of the molecule is [N-]=[N+]=NCc1ccc(C(=O)[O-])o1. The second-order valence-electron chi connectivity index (χ2n) is 1.94. The number of carbonyl (C=O) groups excluding carboxylic acids is 1. The Morgan fingerprint density at radius 3 is 3.00 bits per heavy atom. The van der Waals surface area contributed by atoms with Crippen LogP contribution in [0.4, 0.5) is 0 Å². The fourth-order valence-electron chi connectivity index (χ4n) is 0.674. The predicted octanol–water partition coefficient (Wildman–Crippen LogP) is 0.453. The molecule has 62 valence electrons. The molecule has 0 aliphatic carbocycles. The van der Waals surface area contributed by atoms with E-state index in [1.54, 1.807) is 0 Å². The van der Waals surface area contributed by atoms with Gasteiger partial charge in [0.1, 0.15) is 17.5 Å². The van der Waals surface area contributed by atoms with E-state index in [0.29, 0.717) is 5.76 Å². The number of carboxylic acids is 1. The van der Waals surface area contributed by atoms with Gasteiger partial charge in [-0.3, -0.25) is 0 Å². The number of rotatable bonds is 3.